The number of carbonyl (C=O) groups is 1. The van der Waals surface area contributed by atoms with E-state index >= 15 is 0 Å². The minimum absolute atomic E-state index is 0.0182. The Morgan fingerprint density at radius 3 is 2.20 bits per heavy atom. The second-order valence-corrected chi connectivity index (χ2v) is 7.55. The molecule has 0 saturated heterocycles. The number of rotatable bonds is 6. The zero-order valence-electron chi connectivity index (χ0n) is 14.9. The van der Waals surface area contributed by atoms with E-state index in [1.54, 1.807) is 0 Å². The SMILES string of the molecule is CC(C)c1cccc(C(C)C)c1NC(=O)CSc1cc(F)ccc1F. The smallest absolute Gasteiger partial charge is 0.234 e. The number of halogens is 2. The summed E-state index contributed by atoms with van der Waals surface area (Å²) in [6.45, 7) is 8.30. The first kappa shape index (κ1) is 19.4. The van der Waals surface area contributed by atoms with Gasteiger partial charge in [-0.05, 0) is 41.2 Å². The number of amides is 1. The number of hydrogen-bond acceptors (Lipinski definition) is 2. The molecule has 0 saturated carbocycles. The van der Waals surface area contributed by atoms with E-state index in [4.69, 9.17) is 0 Å². The Labute approximate surface area is 152 Å². The molecule has 0 fully saturated rings. The molecular weight excluding hydrogens is 340 g/mol. The molecule has 0 spiro atoms. The first-order chi connectivity index (χ1) is 11.8. The minimum Gasteiger partial charge on any atom is -0.325 e. The van der Waals surface area contributed by atoms with Crippen molar-refractivity contribution in [2.24, 2.45) is 0 Å². The Balaban J connectivity index is 2.16. The van der Waals surface area contributed by atoms with Gasteiger partial charge >= 0.3 is 0 Å². The van der Waals surface area contributed by atoms with E-state index in [2.05, 4.69) is 33.0 Å². The number of benzene rings is 2. The highest BCUT2D eigenvalue weighted by Gasteiger charge is 2.16. The van der Waals surface area contributed by atoms with Gasteiger partial charge in [0.25, 0.3) is 0 Å². The van der Waals surface area contributed by atoms with Crippen molar-refractivity contribution >= 4 is 23.4 Å². The molecule has 2 aromatic carbocycles. The van der Waals surface area contributed by atoms with Crippen LogP contribution in [0.3, 0.4) is 0 Å². The standard InChI is InChI=1S/C20H23F2NOS/c1-12(2)15-6-5-7-16(13(3)4)20(15)23-19(24)11-25-18-10-14(21)8-9-17(18)22/h5-10,12-13H,11H2,1-4H3,(H,23,24). The molecule has 1 N–H and O–H groups in total. The van der Waals surface area contributed by atoms with Gasteiger partial charge in [-0.2, -0.15) is 0 Å². The molecule has 25 heavy (non-hydrogen) atoms. The molecule has 0 radical (unpaired) electrons. The first-order valence-electron chi connectivity index (χ1n) is 8.30. The van der Waals surface area contributed by atoms with Gasteiger partial charge in [-0.1, -0.05) is 45.9 Å². The Kier molecular flexibility index (Phi) is 6.59. The number of para-hydroxylation sites is 1. The molecule has 1 amide bonds. The maximum atomic E-state index is 13.7. The van der Waals surface area contributed by atoms with Gasteiger partial charge in [-0.15, -0.1) is 11.8 Å². The fourth-order valence-corrected chi connectivity index (χ4v) is 3.36. The highest BCUT2D eigenvalue weighted by atomic mass is 32.2. The third-order valence-electron chi connectivity index (χ3n) is 3.89. The van der Waals surface area contributed by atoms with Gasteiger partial charge in [-0.3, -0.25) is 4.79 Å². The van der Waals surface area contributed by atoms with E-state index in [1.165, 1.54) is 0 Å². The molecule has 0 unspecified atom stereocenters. The summed E-state index contributed by atoms with van der Waals surface area (Å²) in [5.74, 6) is -0.723. The van der Waals surface area contributed by atoms with E-state index in [0.717, 1.165) is 46.8 Å². The summed E-state index contributed by atoms with van der Waals surface area (Å²) in [5, 5.41) is 2.97. The molecular formula is C20H23F2NOS. The molecule has 0 aliphatic carbocycles. The van der Waals surface area contributed by atoms with Crippen molar-refractivity contribution in [1.82, 2.24) is 0 Å². The van der Waals surface area contributed by atoms with Crippen LogP contribution in [0.25, 0.3) is 0 Å². The third-order valence-corrected chi connectivity index (χ3v) is 4.92. The summed E-state index contributed by atoms with van der Waals surface area (Å²) in [6.07, 6.45) is 0. The maximum absolute atomic E-state index is 13.7. The summed E-state index contributed by atoms with van der Waals surface area (Å²) < 4.78 is 26.9. The molecule has 2 rings (SSSR count). The number of nitrogens with one attached hydrogen (secondary N) is 1. The van der Waals surface area contributed by atoms with Crippen molar-refractivity contribution in [1.29, 1.82) is 0 Å². The van der Waals surface area contributed by atoms with Crippen molar-refractivity contribution < 1.29 is 13.6 Å². The van der Waals surface area contributed by atoms with E-state index in [9.17, 15) is 13.6 Å². The lowest BCUT2D eigenvalue weighted by molar-refractivity contribution is -0.113. The lowest BCUT2D eigenvalue weighted by Gasteiger charge is -2.20. The second kappa shape index (κ2) is 8.48. The van der Waals surface area contributed by atoms with Crippen LogP contribution >= 0.6 is 11.8 Å². The maximum Gasteiger partial charge on any atom is 0.234 e. The van der Waals surface area contributed by atoms with E-state index in [-0.39, 0.29) is 28.4 Å². The lowest BCUT2D eigenvalue weighted by Crippen LogP contribution is -2.17. The normalized spacial score (nSPS) is 11.2. The summed E-state index contributed by atoms with van der Waals surface area (Å²) >= 11 is 0.990. The van der Waals surface area contributed by atoms with Crippen LogP contribution in [-0.4, -0.2) is 11.7 Å². The molecule has 134 valence electrons. The zero-order valence-corrected chi connectivity index (χ0v) is 15.7. The van der Waals surface area contributed by atoms with Crippen LogP contribution < -0.4 is 5.32 Å². The van der Waals surface area contributed by atoms with Gasteiger partial charge in [0.2, 0.25) is 5.91 Å². The number of anilines is 1. The van der Waals surface area contributed by atoms with Gasteiger partial charge in [0.05, 0.1) is 5.75 Å². The molecule has 5 heteroatoms. The average Bonchev–Trinajstić information content (AvgIpc) is 2.55. The van der Waals surface area contributed by atoms with E-state index in [0.29, 0.717) is 0 Å². The fourth-order valence-electron chi connectivity index (χ4n) is 2.60. The van der Waals surface area contributed by atoms with Crippen LogP contribution in [0.15, 0.2) is 41.3 Å². The van der Waals surface area contributed by atoms with Gasteiger partial charge in [0.1, 0.15) is 11.6 Å². The number of hydrogen-bond donors (Lipinski definition) is 1. The second-order valence-electron chi connectivity index (χ2n) is 6.53. The van der Waals surface area contributed by atoms with E-state index in [1.807, 2.05) is 18.2 Å². The Morgan fingerprint density at radius 2 is 1.64 bits per heavy atom. The molecule has 0 aromatic heterocycles. The molecule has 0 heterocycles. The van der Waals surface area contributed by atoms with Crippen molar-refractivity contribution in [3.8, 4) is 0 Å². The summed E-state index contributed by atoms with van der Waals surface area (Å²) in [4.78, 5) is 12.5. The highest BCUT2D eigenvalue weighted by Crippen LogP contribution is 2.32. The predicted molar refractivity (Wildman–Crippen MR) is 100 cm³/mol. The first-order valence-corrected chi connectivity index (χ1v) is 9.28. The Hall–Kier alpha value is -1.88. The Bertz CT molecular complexity index is 733. The molecule has 2 nitrogen and oxygen atoms in total. The third kappa shape index (κ3) is 5.05. The molecule has 0 bridgehead atoms. The summed E-state index contributed by atoms with van der Waals surface area (Å²) in [7, 11) is 0. The zero-order chi connectivity index (χ0) is 18.6. The van der Waals surface area contributed by atoms with Crippen molar-refractivity contribution in [2.45, 2.75) is 44.4 Å². The quantitative estimate of drug-likeness (QED) is 0.643. The van der Waals surface area contributed by atoms with Crippen LogP contribution in [0, 0.1) is 11.6 Å². The van der Waals surface area contributed by atoms with Crippen LogP contribution in [0.1, 0.15) is 50.7 Å². The van der Waals surface area contributed by atoms with Crippen molar-refractivity contribution in [3.63, 3.8) is 0 Å². The topological polar surface area (TPSA) is 29.1 Å². The van der Waals surface area contributed by atoms with Gasteiger partial charge < -0.3 is 5.32 Å². The predicted octanol–water partition coefficient (Wildman–Crippen LogP) is 5.94. The van der Waals surface area contributed by atoms with Gasteiger partial charge in [0.15, 0.2) is 0 Å². The molecule has 2 aromatic rings. The average molecular weight is 363 g/mol. The van der Waals surface area contributed by atoms with Crippen LogP contribution in [0.2, 0.25) is 0 Å². The largest absolute Gasteiger partial charge is 0.325 e. The van der Waals surface area contributed by atoms with Crippen molar-refractivity contribution in [2.75, 3.05) is 11.1 Å². The summed E-state index contributed by atoms with van der Waals surface area (Å²) in [5.41, 5.74) is 2.97. The lowest BCUT2D eigenvalue weighted by atomic mass is 9.92. The minimum atomic E-state index is -0.523. The number of carbonyl (C=O) groups excluding carboxylic acids is 1. The molecule has 0 aliphatic rings. The van der Waals surface area contributed by atoms with Gasteiger partial charge in [-0.25, -0.2) is 8.78 Å². The van der Waals surface area contributed by atoms with Crippen molar-refractivity contribution in [3.05, 3.63) is 59.2 Å². The van der Waals surface area contributed by atoms with E-state index < -0.39 is 11.6 Å². The van der Waals surface area contributed by atoms with Gasteiger partial charge in [0, 0.05) is 10.6 Å². The van der Waals surface area contributed by atoms with Crippen LogP contribution in [-0.2, 0) is 4.79 Å². The Morgan fingerprint density at radius 1 is 1.04 bits per heavy atom. The van der Waals surface area contributed by atoms with Crippen LogP contribution in [0.5, 0.6) is 0 Å². The monoisotopic (exact) mass is 363 g/mol. The summed E-state index contributed by atoms with van der Waals surface area (Å²) in [6, 6.07) is 9.25. The fraction of sp³-hybridized carbons (Fsp3) is 0.350. The number of thioether (sulfide) groups is 1. The highest BCUT2D eigenvalue weighted by molar-refractivity contribution is 8.00. The van der Waals surface area contributed by atoms with Crippen LogP contribution in [0.4, 0.5) is 14.5 Å². The molecule has 0 atom stereocenters. The molecule has 0 aliphatic heterocycles.